The average molecular weight is 265 g/mol. The third kappa shape index (κ3) is 2.99. The van der Waals surface area contributed by atoms with Gasteiger partial charge in [-0.2, -0.15) is 0 Å². The fraction of sp³-hybridized carbons (Fsp3) is 0.125. The standard InChI is InChI=1S/C8H6BrClO3/c9-6-3-5(10)1-2-7(6)13-8(12)4-11/h1-3,11H,4H2. The molecule has 3 nitrogen and oxygen atoms in total. The van der Waals surface area contributed by atoms with Crippen molar-refractivity contribution < 1.29 is 14.6 Å². The summed E-state index contributed by atoms with van der Waals surface area (Å²) in [5.74, 6) is -0.369. The first kappa shape index (κ1) is 10.5. The van der Waals surface area contributed by atoms with Crippen LogP contribution >= 0.6 is 27.5 Å². The van der Waals surface area contributed by atoms with Crippen molar-refractivity contribution in [3.63, 3.8) is 0 Å². The molecule has 0 atom stereocenters. The molecule has 5 heteroatoms. The topological polar surface area (TPSA) is 46.5 Å². The predicted octanol–water partition coefficient (Wildman–Crippen LogP) is 2.00. The Hall–Kier alpha value is -0.580. The second kappa shape index (κ2) is 4.60. The average Bonchev–Trinajstić information content (AvgIpc) is 2.09. The maximum absolute atomic E-state index is 10.7. The first-order valence-electron chi connectivity index (χ1n) is 3.40. The first-order valence-corrected chi connectivity index (χ1v) is 4.57. The molecule has 1 N–H and O–H groups in total. The van der Waals surface area contributed by atoms with Gasteiger partial charge in [0.1, 0.15) is 12.4 Å². The number of rotatable bonds is 2. The minimum absolute atomic E-state index is 0.337. The fourth-order valence-electron chi connectivity index (χ4n) is 0.713. The zero-order valence-electron chi connectivity index (χ0n) is 6.46. The molecule has 0 radical (unpaired) electrons. The Morgan fingerprint density at radius 2 is 2.31 bits per heavy atom. The van der Waals surface area contributed by atoms with Crippen molar-refractivity contribution in [1.82, 2.24) is 0 Å². The quantitative estimate of drug-likeness (QED) is 0.657. The van der Waals surface area contributed by atoms with Crippen LogP contribution in [-0.2, 0) is 4.79 Å². The van der Waals surface area contributed by atoms with Gasteiger partial charge in [0.25, 0.3) is 0 Å². The largest absolute Gasteiger partial charge is 0.424 e. The maximum Gasteiger partial charge on any atom is 0.337 e. The van der Waals surface area contributed by atoms with Gasteiger partial charge >= 0.3 is 5.97 Å². The molecular weight excluding hydrogens is 259 g/mol. The molecule has 0 unspecified atom stereocenters. The molecule has 0 saturated carbocycles. The van der Waals surface area contributed by atoms with Gasteiger partial charge in [0, 0.05) is 5.02 Å². The Bertz CT molecular complexity index is 327. The van der Waals surface area contributed by atoms with Crippen molar-refractivity contribution in [3.8, 4) is 5.75 Å². The molecule has 70 valence electrons. The SMILES string of the molecule is O=C(CO)Oc1ccc(Cl)cc1Br. The highest BCUT2D eigenvalue weighted by molar-refractivity contribution is 9.10. The summed E-state index contributed by atoms with van der Waals surface area (Å²) < 4.78 is 5.33. The zero-order chi connectivity index (χ0) is 9.84. The molecule has 0 fully saturated rings. The van der Waals surface area contributed by atoms with Crippen molar-refractivity contribution >= 4 is 33.5 Å². The lowest BCUT2D eigenvalue weighted by Gasteiger charge is -2.04. The van der Waals surface area contributed by atoms with Crippen LogP contribution in [0.4, 0.5) is 0 Å². The molecule has 13 heavy (non-hydrogen) atoms. The highest BCUT2D eigenvalue weighted by Gasteiger charge is 2.06. The Balaban J connectivity index is 2.83. The molecule has 0 aliphatic carbocycles. The van der Waals surface area contributed by atoms with E-state index in [9.17, 15) is 4.79 Å². The van der Waals surface area contributed by atoms with Crippen LogP contribution in [0.5, 0.6) is 5.75 Å². The number of hydrogen-bond acceptors (Lipinski definition) is 3. The first-order chi connectivity index (χ1) is 6.13. The minimum Gasteiger partial charge on any atom is -0.424 e. The number of carbonyl (C=O) groups excluding carboxylic acids is 1. The lowest BCUT2D eigenvalue weighted by molar-refractivity contribution is -0.137. The zero-order valence-corrected chi connectivity index (χ0v) is 8.80. The number of halogens is 2. The summed E-state index contributed by atoms with van der Waals surface area (Å²) in [6.45, 7) is -0.644. The van der Waals surface area contributed by atoms with E-state index in [-0.39, 0.29) is 0 Å². The fourth-order valence-corrected chi connectivity index (χ4v) is 1.48. The second-order valence-electron chi connectivity index (χ2n) is 2.21. The van der Waals surface area contributed by atoms with Crippen molar-refractivity contribution in [1.29, 1.82) is 0 Å². The Morgan fingerprint density at radius 1 is 1.62 bits per heavy atom. The summed E-state index contributed by atoms with van der Waals surface area (Å²) >= 11 is 8.83. The summed E-state index contributed by atoms with van der Waals surface area (Å²) in [4.78, 5) is 10.7. The van der Waals surface area contributed by atoms with Crippen molar-refractivity contribution in [2.24, 2.45) is 0 Å². The molecule has 0 spiro atoms. The van der Waals surface area contributed by atoms with Crippen molar-refractivity contribution in [2.45, 2.75) is 0 Å². The van der Waals surface area contributed by atoms with E-state index in [0.29, 0.717) is 15.2 Å². The van der Waals surface area contributed by atoms with Crippen LogP contribution < -0.4 is 4.74 Å². The number of hydrogen-bond donors (Lipinski definition) is 1. The molecule has 0 saturated heterocycles. The summed E-state index contributed by atoms with van der Waals surface area (Å²) in [5.41, 5.74) is 0. The van der Waals surface area contributed by atoms with Gasteiger partial charge in [0.15, 0.2) is 0 Å². The predicted molar refractivity (Wildman–Crippen MR) is 51.9 cm³/mol. The van der Waals surface area contributed by atoms with Gasteiger partial charge in [-0.25, -0.2) is 4.79 Å². The minimum atomic E-state index is -0.706. The second-order valence-corrected chi connectivity index (χ2v) is 3.50. The van der Waals surface area contributed by atoms with Crippen LogP contribution in [0.25, 0.3) is 0 Å². The van der Waals surface area contributed by atoms with E-state index in [1.165, 1.54) is 0 Å². The Labute approximate surface area is 88.4 Å². The Kier molecular flexibility index (Phi) is 3.71. The van der Waals surface area contributed by atoms with E-state index in [4.69, 9.17) is 21.4 Å². The smallest absolute Gasteiger partial charge is 0.337 e. The lowest BCUT2D eigenvalue weighted by Crippen LogP contribution is -2.12. The summed E-state index contributed by atoms with van der Waals surface area (Å²) in [6, 6.07) is 4.73. The number of aliphatic hydroxyl groups excluding tert-OH is 1. The van der Waals surface area contributed by atoms with Crippen molar-refractivity contribution in [2.75, 3.05) is 6.61 Å². The van der Waals surface area contributed by atoms with E-state index >= 15 is 0 Å². The number of benzene rings is 1. The number of esters is 1. The van der Waals surface area contributed by atoms with E-state index in [2.05, 4.69) is 15.9 Å². The van der Waals surface area contributed by atoms with Gasteiger partial charge in [-0.3, -0.25) is 0 Å². The Morgan fingerprint density at radius 3 is 2.85 bits per heavy atom. The van der Waals surface area contributed by atoms with Crippen LogP contribution in [0.2, 0.25) is 5.02 Å². The summed E-state index contributed by atoms with van der Waals surface area (Å²) in [5, 5.41) is 8.96. The van der Waals surface area contributed by atoms with E-state index in [0.717, 1.165) is 0 Å². The van der Waals surface area contributed by atoms with Crippen LogP contribution in [0, 0.1) is 0 Å². The monoisotopic (exact) mass is 264 g/mol. The molecule has 1 rings (SSSR count). The molecule has 0 heterocycles. The maximum atomic E-state index is 10.7. The van der Waals surface area contributed by atoms with Gasteiger partial charge < -0.3 is 9.84 Å². The van der Waals surface area contributed by atoms with Crippen LogP contribution in [0.3, 0.4) is 0 Å². The van der Waals surface area contributed by atoms with Gasteiger partial charge in [-0.05, 0) is 34.1 Å². The molecule has 0 amide bonds. The van der Waals surface area contributed by atoms with Gasteiger partial charge in [0.05, 0.1) is 4.47 Å². The van der Waals surface area contributed by atoms with E-state index in [1.54, 1.807) is 18.2 Å². The van der Waals surface area contributed by atoms with Crippen LogP contribution in [0.15, 0.2) is 22.7 Å². The number of carbonyl (C=O) groups is 1. The number of ether oxygens (including phenoxy) is 1. The molecule has 1 aromatic rings. The normalized spacial score (nSPS) is 9.77. The highest BCUT2D eigenvalue weighted by atomic mass is 79.9. The van der Waals surface area contributed by atoms with Gasteiger partial charge in [0.2, 0.25) is 0 Å². The van der Waals surface area contributed by atoms with Gasteiger partial charge in [-0.1, -0.05) is 11.6 Å². The van der Waals surface area contributed by atoms with Crippen LogP contribution in [-0.4, -0.2) is 17.7 Å². The number of aliphatic hydroxyl groups is 1. The van der Waals surface area contributed by atoms with E-state index < -0.39 is 12.6 Å². The molecule has 0 aromatic heterocycles. The molecule has 0 aliphatic heterocycles. The lowest BCUT2D eigenvalue weighted by atomic mass is 10.3. The summed E-state index contributed by atoms with van der Waals surface area (Å²) in [7, 11) is 0. The summed E-state index contributed by atoms with van der Waals surface area (Å²) in [6.07, 6.45) is 0. The molecule has 0 bridgehead atoms. The molecular formula is C8H6BrClO3. The highest BCUT2D eigenvalue weighted by Crippen LogP contribution is 2.27. The molecule has 1 aromatic carbocycles. The van der Waals surface area contributed by atoms with E-state index in [1.807, 2.05) is 0 Å². The van der Waals surface area contributed by atoms with Gasteiger partial charge in [-0.15, -0.1) is 0 Å². The third-order valence-corrected chi connectivity index (χ3v) is 2.10. The van der Waals surface area contributed by atoms with Crippen molar-refractivity contribution in [3.05, 3.63) is 27.7 Å². The van der Waals surface area contributed by atoms with Crippen LogP contribution in [0.1, 0.15) is 0 Å². The molecule has 0 aliphatic rings. The third-order valence-electron chi connectivity index (χ3n) is 1.25.